The van der Waals surface area contributed by atoms with E-state index in [4.69, 9.17) is 10.5 Å². The Morgan fingerprint density at radius 3 is 2.72 bits per heavy atom. The SMILES string of the molecule is COc1ccc(N2CCS(=O)(=O)CC2C)c(N)c1. The standard InChI is InChI=1S/C12H18N2O3S/c1-9-8-18(15,16)6-5-14(9)12-4-3-10(17-2)7-11(12)13/h3-4,7,9H,5-6,8,13H2,1-2H3. The average Bonchev–Trinajstić information content (AvgIpc) is 2.29. The Labute approximate surface area is 107 Å². The molecule has 0 aromatic heterocycles. The van der Waals surface area contributed by atoms with Gasteiger partial charge < -0.3 is 15.4 Å². The number of ether oxygens (including phenoxy) is 1. The minimum Gasteiger partial charge on any atom is -0.497 e. The summed E-state index contributed by atoms with van der Waals surface area (Å²) < 4.78 is 28.2. The van der Waals surface area contributed by atoms with Crippen LogP contribution >= 0.6 is 0 Å². The summed E-state index contributed by atoms with van der Waals surface area (Å²) in [7, 11) is -1.32. The number of hydrogen-bond donors (Lipinski definition) is 1. The lowest BCUT2D eigenvalue weighted by molar-refractivity contribution is 0.415. The summed E-state index contributed by atoms with van der Waals surface area (Å²) in [6.45, 7) is 2.39. The largest absolute Gasteiger partial charge is 0.497 e. The Morgan fingerprint density at radius 1 is 1.44 bits per heavy atom. The van der Waals surface area contributed by atoms with Gasteiger partial charge in [-0.3, -0.25) is 0 Å². The van der Waals surface area contributed by atoms with Gasteiger partial charge in [-0.2, -0.15) is 0 Å². The molecule has 0 aliphatic carbocycles. The number of hydrogen-bond acceptors (Lipinski definition) is 5. The van der Waals surface area contributed by atoms with E-state index in [0.29, 0.717) is 18.0 Å². The first-order valence-corrected chi connectivity index (χ1v) is 7.65. The highest BCUT2D eigenvalue weighted by Crippen LogP contribution is 2.30. The molecule has 1 fully saturated rings. The van der Waals surface area contributed by atoms with Crippen molar-refractivity contribution in [1.29, 1.82) is 0 Å². The van der Waals surface area contributed by atoms with Gasteiger partial charge in [0.15, 0.2) is 9.84 Å². The normalized spacial score (nSPS) is 22.8. The summed E-state index contributed by atoms with van der Waals surface area (Å²) in [6.07, 6.45) is 0. The Kier molecular flexibility index (Phi) is 3.38. The van der Waals surface area contributed by atoms with E-state index >= 15 is 0 Å². The van der Waals surface area contributed by atoms with E-state index in [1.165, 1.54) is 0 Å². The van der Waals surface area contributed by atoms with Gasteiger partial charge in [0.25, 0.3) is 0 Å². The molecule has 5 nitrogen and oxygen atoms in total. The highest BCUT2D eigenvalue weighted by Gasteiger charge is 2.29. The van der Waals surface area contributed by atoms with Crippen molar-refractivity contribution < 1.29 is 13.2 Å². The van der Waals surface area contributed by atoms with Crippen LogP contribution in [0.5, 0.6) is 5.75 Å². The molecule has 100 valence electrons. The average molecular weight is 270 g/mol. The maximum Gasteiger partial charge on any atom is 0.154 e. The Hall–Kier alpha value is -1.43. The number of sulfone groups is 1. The molecule has 18 heavy (non-hydrogen) atoms. The summed E-state index contributed by atoms with van der Waals surface area (Å²) in [5.41, 5.74) is 7.47. The van der Waals surface area contributed by atoms with Gasteiger partial charge >= 0.3 is 0 Å². The molecule has 1 aliphatic rings. The van der Waals surface area contributed by atoms with Crippen LogP contribution in [0.15, 0.2) is 18.2 Å². The molecule has 1 aromatic carbocycles. The topological polar surface area (TPSA) is 72.6 Å². The molecule has 6 heteroatoms. The maximum absolute atomic E-state index is 11.5. The minimum atomic E-state index is -2.91. The fourth-order valence-electron chi connectivity index (χ4n) is 2.28. The molecule has 1 heterocycles. The lowest BCUT2D eigenvalue weighted by Crippen LogP contribution is -2.47. The molecule has 0 spiro atoms. The van der Waals surface area contributed by atoms with Crippen LogP contribution < -0.4 is 15.4 Å². The first kappa shape index (κ1) is 13.0. The van der Waals surface area contributed by atoms with Crippen LogP contribution in [0.3, 0.4) is 0 Å². The Morgan fingerprint density at radius 2 is 2.17 bits per heavy atom. The third-order valence-corrected chi connectivity index (χ3v) is 5.01. The van der Waals surface area contributed by atoms with Gasteiger partial charge in [-0.05, 0) is 19.1 Å². The molecule has 0 amide bonds. The third kappa shape index (κ3) is 2.53. The predicted molar refractivity (Wildman–Crippen MR) is 72.9 cm³/mol. The van der Waals surface area contributed by atoms with Crippen LogP contribution in [-0.2, 0) is 9.84 Å². The molecule has 1 aromatic rings. The molecule has 1 aliphatic heterocycles. The van der Waals surface area contributed by atoms with Crippen molar-refractivity contribution >= 4 is 21.2 Å². The monoisotopic (exact) mass is 270 g/mol. The van der Waals surface area contributed by atoms with Gasteiger partial charge in [-0.1, -0.05) is 0 Å². The van der Waals surface area contributed by atoms with Crippen molar-refractivity contribution in [1.82, 2.24) is 0 Å². The van der Waals surface area contributed by atoms with E-state index in [1.807, 2.05) is 24.0 Å². The molecule has 0 bridgehead atoms. The lowest BCUT2D eigenvalue weighted by atomic mass is 10.2. The molecular formula is C12H18N2O3S. The highest BCUT2D eigenvalue weighted by molar-refractivity contribution is 7.91. The van der Waals surface area contributed by atoms with Crippen LogP contribution in [-0.4, -0.2) is 39.6 Å². The minimum absolute atomic E-state index is 0.0561. The molecular weight excluding hydrogens is 252 g/mol. The predicted octanol–water partition coefficient (Wildman–Crippen LogP) is 0.901. The van der Waals surface area contributed by atoms with E-state index in [-0.39, 0.29) is 17.5 Å². The number of benzene rings is 1. The van der Waals surface area contributed by atoms with Gasteiger partial charge in [0, 0.05) is 18.7 Å². The number of nitrogens with zero attached hydrogens (tertiary/aromatic N) is 1. The first-order chi connectivity index (χ1) is 8.43. The van der Waals surface area contributed by atoms with Gasteiger partial charge in [-0.25, -0.2) is 8.42 Å². The smallest absolute Gasteiger partial charge is 0.154 e. The van der Waals surface area contributed by atoms with Crippen LogP contribution in [0.1, 0.15) is 6.92 Å². The molecule has 1 saturated heterocycles. The van der Waals surface area contributed by atoms with Crippen LogP contribution in [0.4, 0.5) is 11.4 Å². The van der Waals surface area contributed by atoms with Crippen molar-refractivity contribution in [3.8, 4) is 5.75 Å². The molecule has 0 saturated carbocycles. The molecule has 1 atom stereocenters. The van der Waals surface area contributed by atoms with E-state index in [0.717, 1.165) is 5.69 Å². The van der Waals surface area contributed by atoms with Crippen LogP contribution in [0.2, 0.25) is 0 Å². The fourth-order valence-corrected chi connectivity index (χ4v) is 3.83. The molecule has 0 radical (unpaired) electrons. The zero-order valence-electron chi connectivity index (χ0n) is 10.6. The molecule has 2 rings (SSSR count). The molecule has 2 N–H and O–H groups in total. The summed E-state index contributed by atoms with van der Waals surface area (Å²) in [5, 5.41) is 0. The summed E-state index contributed by atoms with van der Waals surface area (Å²) in [4.78, 5) is 2.04. The van der Waals surface area contributed by atoms with Crippen molar-refractivity contribution in [2.75, 3.05) is 35.8 Å². The first-order valence-electron chi connectivity index (χ1n) is 5.83. The zero-order chi connectivity index (χ0) is 13.3. The van der Waals surface area contributed by atoms with E-state index < -0.39 is 9.84 Å². The van der Waals surface area contributed by atoms with Crippen LogP contribution in [0.25, 0.3) is 0 Å². The second-order valence-corrected chi connectivity index (χ2v) is 6.81. The van der Waals surface area contributed by atoms with Crippen LogP contribution in [0, 0.1) is 0 Å². The number of nitrogens with two attached hydrogens (primary N) is 1. The number of methoxy groups -OCH3 is 1. The number of nitrogen functional groups attached to an aromatic ring is 1. The Bertz CT molecular complexity index is 542. The van der Waals surface area contributed by atoms with Crippen molar-refractivity contribution in [3.63, 3.8) is 0 Å². The van der Waals surface area contributed by atoms with Crippen molar-refractivity contribution in [2.24, 2.45) is 0 Å². The van der Waals surface area contributed by atoms with Gasteiger partial charge in [0.1, 0.15) is 5.75 Å². The fraction of sp³-hybridized carbons (Fsp3) is 0.500. The van der Waals surface area contributed by atoms with Gasteiger partial charge in [0.05, 0.1) is 30.0 Å². The van der Waals surface area contributed by atoms with Crippen molar-refractivity contribution in [3.05, 3.63) is 18.2 Å². The summed E-state index contributed by atoms with van der Waals surface area (Å²) >= 11 is 0. The second kappa shape index (κ2) is 4.68. The Balaban J connectivity index is 2.27. The van der Waals surface area contributed by atoms with Gasteiger partial charge in [0.2, 0.25) is 0 Å². The lowest BCUT2D eigenvalue weighted by Gasteiger charge is -2.35. The second-order valence-electron chi connectivity index (χ2n) is 4.58. The maximum atomic E-state index is 11.5. The van der Waals surface area contributed by atoms with E-state index in [1.54, 1.807) is 13.2 Å². The quantitative estimate of drug-likeness (QED) is 0.808. The van der Waals surface area contributed by atoms with Crippen molar-refractivity contribution in [2.45, 2.75) is 13.0 Å². The van der Waals surface area contributed by atoms with E-state index in [9.17, 15) is 8.42 Å². The number of rotatable bonds is 2. The third-order valence-electron chi connectivity index (χ3n) is 3.21. The molecule has 1 unspecified atom stereocenters. The zero-order valence-corrected chi connectivity index (χ0v) is 11.4. The summed E-state index contributed by atoms with van der Waals surface area (Å²) in [5.74, 6) is 1.06. The number of anilines is 2. The van der Waals surface area contributed by atoms with E-state index in [2.05, 4.69) is 0 Å². The highest BCUT2D eigenvalue weighted by atomic mass is 32.2. The summed E-state index contributed by atoms with van der Waals surface area (Å²) in [6, 6.07) is 5.41. The van der Waals surface area contributed by atoms with Gasteiger partial charge in [-0.15, -0.1) is 0 Å².